The monoisotopic (exact) mass is 216 g/mol. The van der Waals surface area contributed by atoms with Crippen molar-refractivity contribution in [3.8, 4) is 0 Å². The zero-order valence-corrected chi connectivity index (χ0v) is 9.68. The molecule has 1 aliphatic carbocycles. The molecule has 0 amide bonds. The topological polar surface area (TPSA) is 37.3 Å². The summed E-state index contributed by atoms with van der Waals surface area (Å²) in [5.41, 5.74) is 0. The van der Waals surface area contributed by atoms with Gasteiger partial charge in [0.05, 0.1) is 5.92 Å². The van der Waals surface area contributed by atoms with Crippen molar-refractivity contribution in [2.24, 2.45) is 11.8 Å². The summed E-state index contributed by atoms with van der Waals surface area (Å²) >= 11 is 1.85. The number of thioether (sulfide) groups is 1. The van der Waals surface area contributed by atoms with E-state index in [1.165, 1.54) is 18.6 Å². The zero-order chi connectivity index (χ0) is 10.4. The van der Waals surface area contributed by atoms with E-state index in [1.54, 1.807) is 0 Å². The molecule has 1 N–H and O–H groups in total. The molecule has 0 saturated heterocycles. The van der Waals surface area contributed by atoms with Crippen molar-refractivity contribution in [1.82, 2.24) is 0 Å². The Hall–Kier alpha value is -0.180. The van der Waals surface area contributed by atoms with Crippen LogP contribution in [0.4, 0.5) is 0 Å². The highest BCUT2D eigenvalue weighted by Gasteiger charge is 2.29. The predicted molar refractivity (Wildman–Crippen MR) is 60.7 cm³/mol. The molecule has 0 aliphatic heterocycles. The van der Waals surface area contributed by atoms with Crippen LogP contribution in [0.25, 0.3) is 0 Å². The van der Waals surface area contributed by atoms with Crippen LogP contribution in [0.15, 0.2) is 0 Å². The molecule has 1 saturated carbocycles. The minimum Gasteiger partial charge on any atom is -0.481 e. The van der Waals surface area contributed by atoms with Crippen molar-refractivity contribution in [2.45, 2.75) is 38.5 Å². The fourth-order valence-corrected chi connectivity index (χ4v) is 2.82. The third kappa shape index (κ3) is 3.52. The second-order valence-electron chi connectivity index (χ2n) is 4.12. The zero-order valence-electron chi connectivity index (χ0n) is 8.87. The standard InChI is InChI=1S/C11H20O2S/c1-14-8-4-6-9-5-2-3-7-10(9)11(12)13/h9-10H,2-8H2,1H3,(H,12,13). The minimum absolute atomic E-state index is 0.0504. The molecule has 14 heavy (non-hydrogen) atoms. The Kier molecular flexibility index (Phi) is 5.38. The average molecular weight is 216 g/mol. The van der Waals surface area contributed by atoms with Crippen LogP contribution in [0.2, 0.25) is 0 Å². The van der Waals surface area contributed by atoms with Gasteiger partial charge in [-0.05, 0) is 43.6 Å². The first kappa shape index (κ1) is 11.9. The van der Waals surface area contributed by atoms with Gasteiger partial charge in [0.15, 0.2) is 0 Å². The normalized spacial score (nSPS) is 27.5. The quantitative estimate of drug-likeness (QED) is 0.718. The number of hydrogen-bond acceptors (Lipinski definition) is 2. The van der Waals surface area contributed by atoms with E-state index in [-0.39, 0.29) is 5.92 Å². The molecule has 0 radical (unpaired) electrons. The van der Waals surface area contributed by atoms with Gasteiger partial charge in [-0.1, -0.05) is 12.8 Å². The van der Waals surface area contributed by atoms with E-state index in [4.69, 9.17) is 5.11 Å². The van der Waals surface area contributed by atoms with E-state index in [0.717, 1.165) is 25.7 Å². The predicted octanol–water partition coefficient (Wildman–Crippen LogP) is 3.02. The maximum absolute atomic E-state index is 11.0. The molecule has 2 nitrogen and oxygen atoms in total. The van der Waals surface area contributed by atoms with E-state index < -0.39 is 5.97 Å². The third-order valence-electron chi connectivity index (χ3n) is 3.15. The van der Waals surface area contributed by atoms with E-state index in [2.05, 4.69) is 6.26 Å². The summed E-state index contributed by atoms with van der Waals surface area (Å²) in [6.07, 6.45) is 8.76. The van der Waals surface area contributed by atoms with Gasteiger partial charge in [0.2, 0.25) is 0 Å². The lowest BCUT2D eigenvalue weighted by Gasteiger charge is -2.28. The van der Waals surface area contributed by atoms with Gasteiger partial charge < -0.3 is 5.11 Å². The van der Waals surface area contributed by atoms with E-state index in [9.17, 15) is 4.79 Å². The Morgan fingerprint density at radius 3 is 2.79 bits per heavy atom. The summed E-state index contributed by atoms with van der Waals surface area (Å²) < 4.78 is 0. The van der Waals surface area contributed by atoms with Gasteiger partial charge >= 0.3 is 5.97 Å². The minimum atomic E-state index is -0.571. The van der Waals surface area contributed by atoms with Crippen molar-refractivity contribution in [3.63, 3.8) is 0 Å². The molecule has 1 rings (SSSR count). The van der Waals surface area contributed by atoms with Crippen LogP contribution in [0, 0.1) is 11.8 Å². The highest BCUT2D eigenvalue weighted by atomic mass is 32.2. The Morgan fingerprint density at radius 2 is 2.14 bits per heavy atom. The summed E-state index contributed by atoms with van der Waals surface area (Å²) in [6, 6.07) is 0. The summed E-state index contributed by atoms with van der Waals surface area (Å²) in [5, 5.41) is 9.06. The molecule has 2 atom stereocenters. The first-order valence-electron chi connectivity index (χ1n) is 5.47. The lowest BCUT2D eigenvalue weighted by Crippen LogP contribution is -2.27. The first-order valence-corrected chi connectivity index (χ1v) is 6.87. The van der Waals surface area contributed by atoms with Crippen molar-refractivity contribution < 1.29 is 9.90 Å². The molecule has 2 unspecified atom stereocenters. The SMILES string of the molecule is CSCCCC1CCCCC1C(=O)O. The molecule has 0 bridgehead atoms. The highest BCUT2D eigenvalue weighted by molar-refractivity contribution is 7.98. The molecule has 0 aromatic carbocycles. The van der Waals surface area contributed by atoms with E-state index in [0.29, 0.717) is 5.92 Å². The second kappa shape index (κ2) is 6.33. The third-order valence-corrected chi connectivity index (χ3v) is 3.85. The number of hydrogen-bond donors (Lipinski definition) is 1. The number of carboxylic acids is 1. The average Bonchev–Trinajstić information content (AvgIpc) is 2.19. The van der Waals surface area contributed by atoms with Crippen LogP contribution in [0.1, 0.15) is 38.5 Å². The maximum atomic E-state index is 11.0. The molecular formula is C11H20O2S. The van der Waals surface area contributed by atoms with Crippen LogP contribution >= 0.6 is 11.8 Å². The molecular weight excluding hydrogens is 196 g/mol. The van der Waals surface area contributed by atoms with Crippen molar-refractivity contribution in [3.05, 3.63) is 0 Å². The van der Waals surface area contributed by atoms with Gasteiger partial charge in [-0.25, -0.2) is 0 Å². The van der Waals surface area contributed by atoms with Crippen molar-refractivity contribution in [2.75, 3.05) is 12.0 Å². The van der Waals surface area contributed by atoms with Gasteiger partial charge in [-0.2, -0.15) is 11.8 Å². The van der Waals surface area contributed by atoms with Crippen LogP contribution in [0.5, 0.6) is 0 Å². The number of carbonyl (C=O) groups is 1. The first-order chi connectivity index (χ1) is 6.75. The number of carboxylic acid groups (broad SMARTS) is 1. The van der Waals surface area contributed by atoms with Crippen LogP contribution in [0.3, 0.4) is 0 Å². The lowest BCUT2D eigenvalue weighted by molar-refractivity contribution is -0.145. The Morgan fingerprint density at radius 1 is 1.43 bits per heavy atom. The van der Waals surface area contributed by atoms with Gasteiger partial charge in [0.1, 0.15) is 0 Å². The molecule has 0 aromatic rings. The molecule has 1 aliphatic rings. The fraction of sp³-hybridized carbons (Fsp3) is 0.909. The van der Waals surface area contributed by atoms with Crippen LogP contribution in [-0.4, -0.2) is 23.1 Å². The van der Waals surface area contributed by atoms with Crippen LogP contribution < -0.4 is 0 Å². The smallest absolute Gasteiger partial charge is 0.306 e. The molecule has 0 heterocycles. The number of rotatable bonds is 5. The number of aliphatic carboxylic acids is 1. The summed E-state index contributed by atoms with van der Waals surface area (Å²) in [5.74, 6) is 1.00. The Labute approximate surface area is 90.5 Å². The Bertz CT molecular complexity index is 182. The van der Waals surface area contributed by atoms with Crippen molar-refractivity contribution in [1.29, 1.82) is 0 Å². The maximum Gasteiger partial charge on any atom is 0.306 e. The van der Waals surface area contributed by atoms with Gasteiger partial charge in [0, 0.05) is 0 Å². The van der Waals surface area contributed by atoms with Crippen LogP contribution in [-0.2, 0) is 4.79 Å². The van der Waals surface area contributed by atoms with E-state index >= 15 is 0 Å². The van der Waals surface area contributed by atoms with Gasteiger partial charge in [0.25, 0.3) is 0 Å². The molecule has 0 aromatic heterocycles. The molecule has 1 fully saturated rings. The molecule has 82 valence electrons. The lowest BCUT2D eigenvalue weighted by atomic mass is 9.77. The molecule has 0 spiro atoms. The van der Waals surface area contributed by atoms with Gasteiger partial charge in [-0.15, -0.1) is 0 Å². The van der Waals surface area contributed by atoms with E-state index in [1.807, 2.05) is 11.8 Å². The summed E-state index contributed by atoms with van der Waals surface area (Å²) in [7, 11) is 0. The van der Waals surface area contributed by atoms with Gasteiger partial charge in [-0.3, -0.25) is 4.79 Å². The summed E-state index contributed by atoms with van der Waals surface area (Å²) in [4.78, 5) is 11.0. The van der Waals surface area contributed by atoms with Crippen molar-refractivity contribution >= 4 is 17.7 Å². The highest BCUT2D eigenvalue weighted by Crippen LogP contribution is 2.33. The largest absolute Gasteiger partial charge is 0.481 e. The molecule has 3 heteroatoms. The fourth-order valence-electron chi connectivity index (χ4n) is 2.37. The summed E-state index contributed by atoms with van der Waals surface area (Å²) in [6.45, 7) is 0. The Balaban J connectivity index is 2.34. The second-order valence-corrected chi connectivity index (χ2v) is 5.11.